The number of halogens is 3. The molecule has 0 unspecified atom stereocenters. The minimum atomic E-state index is -4.38. The highest BCUT2D eigenvalue weighted by atomic mass is 19.4. The molecule has 102 valence electrons. The molecule has 0 aromatic heterocycles. The molecule has 0 nitrogen and oxygen atoms in total. The van der Waals surface area contributed by atoms with Gasteiger partial charge in [0, 0.05) is 11.1 Å². The minimum absolute atomic E-state index is 0.00176. The lowest BCUT2D eigenvalue weighted by atomic mass is 10.1. The Balaban J connectivity index is 2.38. The van der Waals surface area contributed by atoms with Crippen molar-refractivity contribution in [1.82, 2.24) is 0 Å². The molecule has 0 heterocycles. The van der Waals surface area contributed by atoms with Gasteiger partial charge in [-0.1, -0.05) is 43.0 Å². The van der Waals surface area contributed by atoms with E-state index in [2.05, 4.69) is 11.8 Å². The van der Waals surface area contributed by atoms with E-state index in [-0.39, 0.29) is 5.56 Å². The van der Waals surface area contributed by atoms with Crippen LogP contribution in [0.25, 0.3) is 0 Å². The summed E-state index contributed by atoms with van der Waals surface area (Å²) in [6.45, 7) is 2.02. The van der Waals surface area contributed by atoms with Crippen LogP contribution in [0.2, 0.25) is 0 Å². The molecule has 0 bridgehead atoms. The van der Waals surface area contributed by atoms with Gasteiger partial charge in [0.15, 0.2) is 0 Å². The van der Waals surface area contributed by atoms with E-state index in [1.165, 1.54) is 12.1 Å². The first kappa shape index (κ1) is 14.2. The van der Waals surface area contributed by atoms with E-state index in [1.807, 2.05) is 25.1 Å². The van der Waals surface area contributed by atoms with E-state index in [1.54, 1.807) is 12.1 Å². The van der Waals surface area contributed by atoms with Crippen molar-refractivity contribution >= 4 is 0 Å². The van der Waals surface area contributed by atoms with Gasteiger partial charge >= 0.3 is 6.18 Å². The molecular weight excluding hydrogens is 261 g/mol. The quantitative estimate of drug-likeness (QED) is 0.663. The average Bonchev–Trinajstić information content (AvgIpc) is 2.44. The maximum absolute atomic E-state index is 12.8. The molecule has 0 aliphatic carbocycles. The van der Waals surface area contributed by atoms with Gasteiger partial charge in [-0.15, -0.1) is 0 Å². The summed E-state index contributed by atoms with van der Waals surface area (Å²) >= 11 is 0. The highest BCUT2D eigenvalue weighted by Crippen LogP contribution is 2.31. The normalized spacial score (nSPS) is 10.8. The molecule has 0 N–H and O–H groups in total. The van der Waals surface area contributed by atoms with E-state index in [0.29, 0.717) is 0 Å². The molecule has 0 saturated carbocycles. The Morgan fingerprint density at radius 3 is 2.40 bits per heavy atom. The topological polar surface area (TPSA) is 0 Å². The van der Waals surface area contributed by atoms with E-state index in [0.717, 1.165) is 23.6 Å². The molecule has 0 amide bonds. The summed E-state index contributed by atoms with van der Waals surface area (Å²) in [4.78, 5) is 0. The molecule has 0 spiro atoms. The van der Waals surface area contributed by atoms with Crippen LogP contribution in [-0.2, 0) is 12.6 Å². The number of rotatable bonds is 1. The Morgan fingerprint density at radius 1 is 0.950 bits per heavy atom. The second kappa shape index (κ2) is 5.83. The summed E-state index contributed by atoms with van der Waals surface area (Å²) in [5.74, 6) is 5.42. The van der Waals surface area contributed by atoms with Crippen LogP contribution in [0.5, 0.6) is 0 Å². The lowest BCUT2D eigenvalue weighted by Gasteiger charge is -2.08. The van der Waals surface area contributed by atoms with E-state index in [9.17, 15) is 13.2 Å². The molecule has 2 rings (SSSR count). The Bertz CT molecular complexity index is 658. The van der Waals surface area contributed by atoms with Crippen molar-refractivity contribution in [2.24, 2.45) is 0 Å². The SMILES string of the molecule is CCc1cccc(C#Cc2ccccc2C(F)(F)F)c1. The molecule has 2 aromatic rings. The van der Waals surface area contributed by atoms with Gasteiger partial charge in [-0.05, 0) is 36.2 Å². The molecule has 3 heteroatoms. The third-order valence-electron chi connectivity index (χ3n) is 2.91. The number of hydrogen-bond acceptors (Lipinski definition) is 0. The zero-order chi connectivity index (χ0) is 14.6. The molecule has 0 fully saturated rings. The fraction of sp³-hybridized carbons (Fsp3) is 0.176. The third kappa shape index (κ3) is 3.42. The van der Waals surface area contributed by atoms with Crippen molar-refractivity contribution in [3.8, 4) is 11.8 Å². The lowest BCUT2D eigenvalue weighted by Crippen LogP contribution is -2.07. The van der Waals surface area contributed by atoms with Crippen LogP contribution >= 0.6 is 0 Å². The Morgan fingerprint density at radius 2 is 1.70 bits per heavy atom. The first-order chi connectivity index (χ1) is 9.50. The maximum Gasteiger partial charge on any atom is 0.417 e. The van der Waals surface area contributed by atoms with Gasteiger partial charge in [0.1, 0.15) is 0 Å². The molecule has 0 radical (unpaired) electrons. The summed E-state index contributed by atoms with van der Waals surface area (Å²) in [5, 5.41) is 0. The van der Waals surface area contributed by atoms with Gasteiger partial charge in [-0.3, -0.25) is 0 Å². The van der Waals surface area contributed by atoms with Crippen LogP contribution in [0, 0.1) is 11.8 Å². The molecule has 0 aliphatic rings. The Labute approximate surface area is 116 Å². The number of benzene rings is 2. The number of alkyl halides is 3. The van der Waals surface area contributed by atoms with Gasteiger partial charge in [0.25, 0.3) is 0 Å². The van der Waals surface area contributed by atoms with Crippen LogP contribution in [0.15, 0.2) is 48.5 Å². The molecule has 2 aromatic carbocycles. The highest BCUT2D eigenvalue weighted by molar-refractivity contribution is 5.48. The summed E-state index contributed by atoms with van der Waals surface area (Å²) in [6.07, 6.45) is -3.51. The zero-order valence-corrected chi connectivity index (χ0v) is 11.0. The molecule has 0 saturated heterocycles. The van der Waals surface area contributed by atoms with Crippen LogP contribution in [0.1, 0.15) is 29.2 Å². The fourth-order valence-corrected chi connectivity index (χ4v) is 1.85. The van der Waals surface area contributed by atoms with Crippen molar-refractivity contribution < 1.29 is 13.2 Å². The van der Waals surface area contributed by atoms with E-state index >= 15 is 0 Å². The summed E-state index contributed by atoms with van der Waals surface area (Å²) in [6, 6.07) is 12.9. The van der Waals surface area contributed by atoms with Crippen LogP contribution in [-0.4, -0.2) is 0 Å². The first-order valence-corrected chi connectivity index (χ1v) is 6.28. The predicted molar refractivity (Wildman–Crippen MR) is 73.2 cm³/mol. The summed E-state index contributed by atoms with van der Waals surface area (Å²) < 4.78 is 38.5. The first-order valence-electron chi connectivity index (χ1n) is 6.28. The number of aryl methyl sites for hydroxylation is 1. The van der Waals surface area contributed by atoms with Crippen molar-refractivity contribution in [2.75, 3.05) is 0 Å². The summed E-state index contributed by atoms with van der Waals surface area (Å²) in [5.41, 5.74) is 1.14. The Hall–Kier alpha value is -2.21. The monoisotopic (exact) mass is 274 g/mol. The van der Waals surface area contributed by atoms with Gasteiger partial charge in [-0.25, -0.2) is 0 Å². The largest absolute Gasteiger partial charge is 0.417 e. The van der Waals surface area contributed by atoms with E-state index in [4.69, 9.17) is 0 Å². The number of hydrogen-bond donors (Lipinski definition) is 0. The molecule has 0 aliphatic heterocycles. The lowest BCUT2D eigenvalue weighted by molar-refractivity contribution is -0.137. The molecule has 20 heavy (non-hydrogen) atoms. The standard InChI is InChI=1S/C17H13F3/c1-2-13-6-5-7-14(12-13)10-11-15-8-3-4-9-16(15)17(18,19)20/h3-9,12H,2H2,1H3. The second-order valence-electron chi connectivity index (χ2n) is 4.35. The minimum Gasteiger partial charge on any atom is -0.166 e. The Kier molecular flexibility index (Phi) is 4.14. The van der Waals surface area contributed by atoms with Gasteiger partial charge in [0.05, 0.1) is 5.56 Å². The van der Waals surface area contributed by atoms with Gasteiger partial charge < -0.3 is 0 Å². The van der Waals surface area contributed by atoms with Crippen molar-refractivity contribution in [1.29, 1.82) is 0 Å². The van der Waals surface area contributed by atoms with Crippen molar-refractivity contribution in [3.63, 3.8) is 0 Å². The zero-order valence-electron chi connectivity index (χ0n) is 11.0. The van der Waals surface area contributed by atoms with Gasteiger partial charge in [0.2, 0.25) is 0 Å². The van der Waals surface area contributed by atoms with Gasteiger partial charge in [-0.2, -0.15) is 13.2 Å². The highest BCUT2D eigenvalue weighted by Gasteiger charge is 2.32. The molecule has 0 atom stereocenters. The predicted octanol–water partition coefficient (Wildman–Crippen LogP) is 4.67. The molecular formula is C17H13F3. The van der Waals surface area contributed by atoms with Crippen molar-refractivity contribution in [3.05, 3.63) is 70.8 Å². The summed E-state index contributed by atoms with van der Waals surface area (Å²) in [7, 11) is 0. The second-order valence-corrected chi connectivity index (χ2v) is 4.35. The van der Waals surface area contributed by atoms with Crippen LogP contribution < -0.4 is 0 Å². The fourth-order valence-electron chi connectivity index (χ4n) is 1.85. The third-order valence-corrected chi connectivity index (χ3v) is 2.91. The smallest absolute Gasteiger partial charge is 0.166 e. The average molecular weight is 274 g/mol. The van der Waals surface area contributed by atoms with E-state index < -0.39 is 11.7 Å². The van der Waals surface area contributed by atoms with Crippen LogP contribution in [0.4, 0.5) is 13.2 Å². The van der Waals surface area contributed by atoms with Crippen molar-refractivity contribution in [2.45, 2.75) is 19.5 Å². The van der Waals surface area contributed by atoms with Crippen LogP contribution in [0.3, 0.4) is 0 Å². The maximum atomic E-state index is 12.8.